The second-order valence-electron chi connectivity index (χ2n) is 3.13. The number of hydrogen-bond acceptors (Lipinski definition) is 5. The summed E-state index contributed by atoms with van der Waals surface area (Å²) in [6, 6.07) is 0.618. The van der Waals surface area contributed by atoms with Crippen LogP contribution in [-0.2, 0) is 10.9 Å². The highest BCUT2D eigenvalue weighted by molar-refractivity contribution is 5.92. The number of carbonyl (C=O) groups is 1. The van der Waals surface area contributed by atoms with E-state index in [2.05, 4.69) is 14.5 Å². The van der Waals surface area contributed by atoms with Gasteiger partial charge in [0.1, 0.15) is 11.3 Å². The summed E-state index contributed by atoms with van der Waals surface area (Å²) in [5, 5.41) is 9.22. The fourth-order valence-corrected chi connectivity index (χ4v) is 1.21. The second-order valence-corrected chi connectivity index (χ2v) is 3.13. The number of pyridine rings is 1. The van der Waals surface area contributed by atoms with Crippen LogP contribution in [-0.4, -0.2) is 29.8 Å². The van der Waals surface area contributed by atoms with E-state index in [0.717, 1.165) is 7.11 Å². The molecule has 0 unspecified atom stereocenters. The maximum Gasteiger partial charge on any atom is 0.437 e. The lowest BCUT2D eigenvalue weighted by Gasteiger charge is -2.12. The molecule has 0 aliphatic carbocycles. The van der Waals surface area contributed by atoms with Gasteiger partial charge in [-0.1, -0.05) is 0 Å². The van der Waals surface area contributed by atoms with Gasteiger partial charge in [-0.15, -0.1) is 0 Å². The molecule has 0 aromatic carbocycles. The van der Waals surface area contributed by atoms with Crippen LogP contribution in [0.15, 0.2) is 6.07 Å². The Kier molecular flexibility index (Phi) is 4.00. The van der Waals surface area contributed by atoms with Crippen molar-refractivity contribution in [3.05, 3.63) is 17.3 Å². The summed E-state index contributed by atoms with van der Waals surface area (Å²) in [5.74, 6) is -2.64. The molecule has 18 heavy (non-hydrogen) atoms. The molecule has 1 rings (SSSR count). The largest absolute Gasteiger partial charge is 0.506 e. The van der Waals surface area contributed by atoms with Crippen LogP contribution >= 0.6 is 0 Å². The van der Waals surface area contributed by atoms with Gasteiger partial charge in [0.2, 0.25) is 5.88 Å². The van der Waals surface area contributed by atoms with Crippen LogP contribution in [0.2, 0.25) is 0 Å². The average molecular weight is 265 g/mol. The first-order valence-corrected chi connectivity index (χ1v) is 4.83. The Morgan fingerprint density at radius 3 is 2.56 bits per heavy atom. The highest BCUT2D eigenvalue weighted by atomic mass is 19.4. The fourth-order valence-electron chi connectivity index (χ4n) is 1.21. The molecule has 1 N–H and O–H groups in total. The maximum absolute atomic E-state index is 12.5. The number of hydrogen-bond donors (Lipinski definition) is 1. The lowest BCUT2D eigenvalue weighted by molar-refractivity contribution is -0.142. The molecule has 0 saturated carbocycles. The highest BCUT2D eigenvalue weighted by Crippen LogP contribution is 2.36. The van der Waals surface area contributed by atoms with E-state index in [0.29, 0.717) is 6.07 Å². The van der Waals surface area contributed by atoms with Crippen LogP contribution in [0.4, 0.5) is 13.2 Å². The van der Waals surface area contributed by atoms with Gasteiger partial charge in [0.15, 0.2) is 5.69 Å². The molecule has 1 aromatic heterocycles. The summed E-state index contributed by atoms with van der Waals surface area (Å²) in [4.78, 5) is 14.5. The monoisotopic (exact) mass is 265 g/mol. The number of aromatic nitrogens is 1. The minimum Gasteiger partial charge on any atom is -0.506 e. The Labute approximate surface area is 100 Å². The van der Waals surface area contributed by atoms with Crippen molar-refractivity contribution < 1.29 is 32.5 Å². The van der Waals surface area contributed by atoms with Crippen LogP contribution in [0.25, 0.3) is 0 Å². The van der Waals surface area contributed by atoms with Crippen LogP contribution in [0.3, 0.4) is 0 Å². The molecule has 8 heteroatoms. The van der Waals surface area contributed by atoms with Gasteiger partial charge in [0.05, 0.1) is 13.7 Å². The number of rotatable bonds is 3. The van der Waals surface area contributed by atoms with E-state index in [4.69, 9.17) is 0 Å². The Morgan fingerprint density at radius 2 is 2.11 bits per heavy atom. The van der Waals surface area contributed by atoms with Crippen molar-refractivity contribution in [1.29, 1.82) is 0 Å². The molecule has 0 saturated heterocycles. The first-order chi connectivity index (χ1) is 8.31. The van der Waals surface area contributed by atoms with E-state index in [-0.39, 0.29) is 12.2 Å². The van der Waals surface area contributed by atoms with Gasteiger partial charge in [0.25, 0.3) is 0 Å². The molecular formula is C10H10F3NO4. The van der Waals surface area contributed by atoms with Crippen LogP contribution < -0.4 is 4.74 Å². The van der Waals surface area contributed by atoms with Crippen molar-refractivity contribution in [2.75, 3.05) is 13.7 Å². The Hall–Kier alpha value is -1.99. The molecule has 0 atom stereocenters. The standard InChI is InChI=1S/C10H10F3NO4/c1-3-18-9(16)5-4-6(15)7(10(11,12)13)14-8(5)17-2/h4,15H,3H2,1-2H3. The number of esters is 1. The molecule has 5 nitrogen and oxygen atoms in total. The molecule has 0 aliphatic heterocycles. The van der Waals surface area contributed by atoms with E-state index in [9.17, 15) is 23.1 Å². The Balaban J connectivity index is 3.32. The average Bonchev–Trinajstić information content (AvgIpc) is 2.27. The van der Waals surface area contributed by atoms with Gasteiger partial charge < -0.3 is 14.6 Å². The molecule has 0 spiro atoms. The van der Waals surface area contributed by atoms with E-state index >= 15 is 0 Å². The minimum atomic E-state index is -4.84. The predicted molar refractivity (Wildman–Crippen MR) is 53.4 cm³/mol. The minimum absolute atomic E-state index is 0.0315. The molecule has 1 aromatic rings. The van der Waals surface area contributed by atoms with E-state index in [1.54, 1.807) is 0 Å². The molecule has 100 valence electrons. The van der Waals surface area contributed by atoms with Crippen molar-refractivity contribution >= 4 is 5.97 Å². The number of alkyl halides is 3. The lowest BCUT2D eigenvalue weighted by atomic mass is 10.2. The van der Waals surface area contributed by atoms with E-state index in [1.807, 2.05) is 0 Å². The SMILES string of the molecule is CCOC(=O)c1cc(O)c(C(F)(F)F)nc1OC. The predicted octanol–water partition coefficient (Wildman–Crippen LogP) is 1.99. The highest BCUT2D eigenvalue weighted by Gasteiger charge is 2.37. The van der Waals surface area contributed by atoms with Gasteiger partial charge >= 0.3 is 12.1 Å². The van der Waals surface area contributed by atoms with Crippen molar-refractivity contribution in [2.24, 2.45) is 0 Å². The lowest BCUT2D eigenvalue weighted by Crippen LogP contribution is -2.13. The number of ether oxygens (including phenoxy) is 2. The van der Waals surface area contributed by atoms with Crippen molar-refractivity contribution in [3.8, 4) is 11.6 Å². The summed E-state index contributed by atoms with van der Waals surface area (Å²) in [7, 11) is 1.06. The van der Waals surface area contributed by atoms with Gasteiger partial charge in [-0.3, -0.25) is 0 Å². The smallest absolute Gasteiger partial charge is 0.437 e. The zero-order valence-corrected chi connectivity index (χ0v) is 9.54. The molecular weight excluding hydrogens is 255 g/mol. The first-order valence-electron chi connectivity index (χ1n) is 4.83. The normalized spacial score (nSPS) is 11.2. The van der Waals surface area contributed by atoms with Crippen molar-refractivity contribution in [1.82, 2.24) is 4.98 Å². The maximum atomic E-state index is 12.5. The number of halogens is 3. The Morgan fingerprint density at radius 1 is 1.50 bits per heavy atom. The van der Waals surface area contributed by atoms with Gasteiger partial charge in [-0.25, -0.2) is 9.78 Å². The van der Waals surface area contributed by atoms with Gasteiger partial charge in [-0.05, 0) is 6.92 Å². The van der Waals surface area contributed by atoms with Crippen molar-refractivity contribution in [3.63, 3.8) is 0 Å². The summed E-state index contributed by atoms with van der Waals surface area (Å²) < 4.78 is 46.5. The third-order valence-corrected chi connectivity index (χ3v) is 1.92. The number of carbonyl (C=O) groups excluding carboxylic acids is 1. The topological polar surface area (TPSA) is 68.7 Å². The molecule has 0 fully saturated rings. The van der Waals surface area contributed by atoms with E-state index in [1.165, 1.54) is 6.92 Å². The molecule has 0 aliphatic rings. The fraction of sp³-hybridized carbons (Fsp3) is 0.400. The van der Waals surface area contributed by atoms with Gasteiger partial charge in [0, 0.05) is 6.07 Å². The summed E-state index contributed by atoms with van der Waals surface area (Å²) >= 11 is 0. The van der Waals surface area contributed by atoms with Gasteiger partial charge in [-0.2, -0.15) is 13.2 Å². The number of methoxy groups -OCH3 is 1. The third-order valence-electron chi connectivity index (χ3n) is 1.92. The number of aromatic hydroxyl groups is 1. The molecule has 0 radical (unpaired) electrons. The summed E-state index contributed by atoms with van der Waals surface area (Å²) in [5.41, 5.74) is -1.89. The second kappa shape index (κ2) is 5.11. The molecule has 1 heterocycles. The summed E-state index contributed by atoms with van der Waals surface area (Å²) in [6.45, 7) is 1.56. The molecule has 0 amide bonds. The Bertz CT molecular complexity index is 459. The summed E-state index contributed by atoms with van der Waals surface area (Å²) in [6.07, 6.45) is -4.84. The van der Waals surface area contributed by atoms with Crippen LogP contribution in [0.5, 0.6) is 11.6 Å². The quantitative estimate of drug-likeness (QED) is 0.846. The van der Waals surface area contributed by atoms with Crippen molar-refractivity contribution in [2.45, 2.75) is 13.1 Å². The molecule has 0 bridgehead atoms. The first kappa shape index (κ1) is 14.1. The third kappa shape index (κ3) is 2.82. The number of nitrogens with zero attached hydrogens (tertiary/aromatic N) is 1. The van der Waals surface area contributed by atoms with E-state index < -0.39 is 29.5 Å². The zero-order chi connectivity index (χ0) is 13.9. The van der Waals surface area contributed by atoms with Crippen LogP contribution in [0.1, 0.15) is 23.0 Å². The zero-order valence-electron chi connectivity index (χ0n) is 9.54. The van der Waals surface area contributed by atoms with Crippen LogP contribution in [0, 0.1) is 0 Å².